The third kappa shape index (κ3) is 5.36. The zero-order valence-electron chi connectivity index (χ0n) is 25.7. The first-order valence-corrected chi connectivity index (χ1v) is 16.3. The molecular formula is C40H29N3O4S. The molecule has 234 valence electrons. The Bertz CT molecular complexity index is 2010. The van der Waals surface area contributed by atoms with Crippen molar-refractivity contribution in [2.24, 2.45) is 4.99 Å². The van der Waals surface area contributed by atoms with Gasteiger partial charge in [-0.3, -0.25) is 19.2 Å². The molecule has 0 N–H and O–H groups in total. The van der Waals surface area contributed by atoms with Gasteiger partial charge >= 0.3 is 0 Å². The van der Waals surface area contributed by atoms with Crippen LogP contribution in [0.4, 0.5) is 5.69 Å². The first-order valence-electron chi connectivity index (χ1n) is 15.5. The van der Waals surface area contributed by atoms with E-state index in [1.54, 1.807) is 125 Å². The van der Waals surface area contributed by atoms with Crippen molar-refractivity contribution in [1.82, 2.24) is 9.80 Å². The second-order valence-corrected chi connectivity index (χ2v) is 12.3. The summed E-state index contributed by atoms with van der Waals surface area (Å²) >= 11 is 1.04. The lowest BCUT2D eigenvalue weighted by Crippen LogP contribution is -2.62. The second kappa shape index (κ2) is 13.1. The number of benzene rings is 5. The van der Waals surface area contributed by atoms with Crippen molar-refractivity contribution in [1.29, 1.82) is 0 Å². The Morgan fingerprint density at radius 2 is 0.875 bits per heavy atom. The SMILES string of the molecule is O=C(C1=C(C(=O)c2ccccc2)C2(C(=Nc3ccccc3)S1)N(C(=O)c1ccccc1)CCN2C(=O)c1ccccc1)c1ccccc1. The van der Waals surface area contributed by atoms with Crippen LogP contribution in [0.3, 0.4) is 0 Å². The highest BCUT2D eigenvalue weighted by Crippen LogP contribution is 2.52. The summed E-state index contributed by atoms with van der Waals surface area (Å²) < 4.78 is 0. The number of carbonyl (C=O) groups excluding carboxylic acids is 4. The molecule has 2 aliphatic heterocycles. The topological polar surface area (TPSA) is 87.1 Å². The van der Waals surface area contributed by atoms with Gasteiger partial charge in [-0.2, -0.15) is 0 Å². The van der Waals surface area contributed by atoms with Crippen LogP contribution in [0.2, 0.25) is 0 Å². The highest BCUT2D eigenvalue weighted by Gasteiger charge is 2.64. The van der Waals surface area contributed by atoms with Crippen LogP contribution in [0.5, 0.6) is 0 Å². The number of aliphatic imine (C=N–C) groups is 1. The first-order chi connectivity index (χ1) is 23.5. The molecule has 48 heavy (non-hydrogen) atoms. The van der Waals surface area contributed by atoms with Crippen LogP contribution in [-0.4, -0.2) is 57.0 Å². The van der Waals surface area contributed by atoms with Crippen molar-refractivity contribution in [3.05, 3.63) is 184 Å². The van der Waals surface area contributed by atoms with Crippen molar-refractivity contribution in [2.75, 3.05) is 13.1 Å². The lowest BCUT2D eigenvalue weighted by molar-refractivity contribution is 0.0492. The summed E-state index contributed by atoms with van der Waals surface area (Å²) in [5, 5.41) is 0.262. The number of hydrogen-bond acceptors (Lipinski definition) is 6. The summed E-state index contributed by atoms with van der Waals surface area (Å²) in [4.78, 5) is 67.1. The third-order valence-electron chi connectivity index (χ3n) is 8.42. The lowest BCUT2D eigenvalue weighted by Gasteiger charge is -2.42. The summed E-state index contributed by atoms with van der Waals surface area (Å²) in [5.74, 6) is -1.66. The number of nitrogens with zero attached hydrogens (tertiary/aromatic N) is 3. The van der Waals surface area contributed by atoms with Crippen LogP contribution in [-0.2, 0) is 0 Å². The number of allylic oxidation sites excluding steroid dienone is 1. The van der Waals surface area contributed by atoms with Gasteiger partial charge in [0.25, 0.3) is 11.8 Å². The van der Waals surface area contributed by atoms with E-state index < -0.39 is 29.0 Å². The highest BCUT2D eigenvalue weighted by atomic mass is 32.2. The molecule has 0 atom stereocenters. The molecule has 2 heterocycles. The molecule has 7 rings (SSSR count). The van der Waals surface area contributed by atoms with Gasteiger partial charge in [0, 0.05) is 35.3 Å². The van der Waals surface area contributed by atoms with Crippen LogP contribution in [0.1, 0.15) is 41.4 Å². The Morgan fingerprint density at radius 3 is 1.31 bits per heavy atom. The number of thioether (sulfide) groups is 1. The van der Waals surface area contributed by atoms with Gasteiger partial charge < -0.3 is 9.80 Å². The maximum Gasteiger partial charge on any atom is 0.256 e. The van der Waals surface area contributed by atoms with E-state index in [4.69, 9.17) is 4.99 Å². The number of Topliss-reactive ketones (excluding diaryl/α,β-unsaturated/α-hetero) is 2. The molecule has 0 aliphatic carbocycles. The van der Waals surface area contributed by atoms with E-state index in [-0.39, 0.29) is 28.6 Å². The summed E-state index contributed by atoms with van der Waals surface area (Å²) in [6.45, 7) is 0.193. The van der Waals surface area contributed by atoms with E-state index in [9.17, 15) is 14.4 Å². The van der Waals surface area contributed by atoms with Crippen LogP contribution in [0.25, 0.3) is 0 Å². The molecule has 8 heteroatoms. The molecule has 1 spiro atoms. The second-order valence-electron chi connectivity index (χ2n) is 11.3. The van der Waals surface area contributed by atoms with E-state index in [2.05, 4.69) is 0 Å². The smallest absolute Gasteiger partial charge is 0.256 e. The zero-order valence-corrected chi connectivity index (χ0v) is 26.5. The lowest BCUT2D eigenvalue weighted by atomic mass is 9.87. The Hall–Kier alpha value is -5.86. The van der Waals surface area contributed by atoms with Crippen molar-refractivity contribution in [3.63, 3.8) is 0 Å². The van der Waals surface area contributed by atoms with Crippen molar-refractivity contribution in [3.8, 4) is 0 Å². The summed E-state index contributed by atoms with van der Waals surface area (Å²) in [7, 11) is 0. The molecule has 0 unspecified atom stereocenters. The number of carbonyl (C=O) groups is 4. The van der Waals surface area contributed by atoms with Gasteiger partial charge in [0.1, 0.15) is 5.04 Å². The van der Waals surface area contributed by atoms with Crippen LogP contribution < -0.4 is 0 Å². The number of amides is 2. The average molecular weight is 648 g/mol. The normalized spacial score (nSPS) is 16.0. The predicted molar refractivity (Wildman–Crippen MR) is 187 cm³/mol. The van der Waals surface area contributed by atoms with Gasteiger partial charge in [0.05, 0.1) is 16.2 Å². The standard InChI is InChI=1S/C40H29N3O4S/c44-34(28-16-6-1-7-17-28)33-36(35(45)29-18-8-2-9-19-29)48-39(41-32-24-14-5-15-25-32)40(33)42(37(46)30-20-10-3-11-21-30)26-27-43(40)38(47)31-22-12-4-13-23-31/h1-25H,26-27H2. The van der Waals surface area contributed by atoms with Crippen LogP contribution in [0, 0.1) is 0 Å². The Balaban J connectivity index is 1.56. The van der Waals surface area contributed by atoms with Crippen molar-refractivity contribution in [2.45, 2.75) is 5.66 Å². The molecule has 0 bridgehead atoms. The molecule has 1 saturated heterocycles. The fraction of sp³-hybridized carbons (Fsp3) is 0.0750. The number of hydrogen-bond donors (Lipinski definition) is 0. The van der Waals surface area contributed by atoms with Crippen molar-refractivity contribution >= 4 is 45.9 Å². The van der Waals surface area contributed by atoms with Gasteiger partial charge in [0.15, 0.2) is 17.2 Å². The monoisotopic (exact) mass is 647 g/mol. The molecule has 2 amide bonds. The zero-order chi connectivity index (χ0) is 33.1. The van der Waals surface area contributed by atoms with E-state index in [0.29, 0.717) is 27.9 Å². The Morgan fingerprint density at radius 1 is 0.500 bits per heavy atom. The molecule has 5 aromatic rings. The van der Waals surface area contributed by atoms with Gasteiger partial charge in [-0.1, -0.05) is 127 Å². The van der Waals surface area contributed by atoms with E-state index in [1.165, 1.54) is 0 Å². The van der Waals surface area contributed by atoms with E-state index >= 15 is 4.79 Å². The molecule has 2 aliphatic rings. The van der Waals surface area contributed by atoms with Gasteiger partial charge in [-0.05, 0) is 36.4 Å². The summed E-state index contributed by atoms with van der Waals surface area (Å²) in [6.07, 6.45) is 0. The maximum atomic E-state index is 15.0. The largest absolute Gasteiger partial charge is 0.304 e. The van der Waals surface area contributed by atoms with Gasteiger partial charge in [-0.25, -0.2) is 4.99 Å². The number of ketones is 2. The van der Waals surface area contributed by atoms with Gasteiger partial charge in [-0.15, -0.1) is 0 Å². The molecule has 0 radical (unpaired) electrons. The van der Waals surface area contributed by atoms with Crippen LogP contribution in [0.15, 0.2) is 167 Å². The van der Waals surface area contributed by atoms with Crippen molar-refractivity contribution < 1.29 is 19.2 Å². The molecule has 1 fully saturated rings. The van der Waals surface area contributed by atoms with E-state index in [1.807, 2.05) is 36.4 Å². The minimum atomic E-state index is -1.84. The predicted octanol–water partition coefficient (Wildman–Crippen LogP) is 7.48. The van der Waals surface area contributed by atoms with Gasteiger partial charge in [0.2, 0.25) is 0 Å². The number of rotatable bonds is 7. The molecule has 5 aromatic carbocycles. The minimum absolute atomic E-state index is 0.0216. The fourth-order valence-electron chi connectivity index (χ4n) is 6.22. The van der Waals surface area contributed by atoms with E-state index in [0.717, 1.165) is 11.8 Å². The Kier molecular flexibility index (Phi) is 8.40. The first kappa shape index (κ1) is 30.8. The maximum absolute atomic E-state index is 15.0. The van der Waals surface area contributed by atoms with Crippen LogP contribution >= 0.6 is 11.8 Å². The molecule has 7 nitrogen and oxygen atoms in total. The average Bonchev–Trinajstić information content (AvgIpc) is 3.71. The quantitative estimate of drug-likeness (QED) is 0.171. The minimum Gasteiger partial charge on any atom is -0.304 e. The molecule has 0 aromatic heterocycles. The Labute approximate surface area is 282 Å². The molecule has 0 saturated carbocycles. The molecular weight excluding hydrogens is 619 g/mol. The fourth-order valence-corrected chi connectivity index (χ4v) is 7.58. The number of para-hydroxylation sites is 1. The third-order valence-corrected chi connectivity index (χ3v) is 9.59. The summed E-state index contributed by atoms with van der Waals surface area (Å²) in [5.41, 5.74) is 0.173. The highest BCUT2D eigenvalue weighted by molar-refractivity contribution is 8.18. The summed E-state index contributed by atoms with van der Waals surface area (Å²) in [6, 6.07) is 44.0.